The molecule has 0 spiro atoms. The zero-order valence-electron chi connectivity index (χ0n) is 17.1. The Bertz CT molecular complexity index is 842. The van der Waals surface area contributed by atoms with Crippen molar-refractivity contribution in [1.29, 1.82) is 0 Å². The molecule has 7 heteroatoms. The SMILES string of the molecule is CCOc1ccc([C@H](NC(=O)c2cc(C(N)=O)cn2C)C(C)C)cc1OCC. The molecule has 28 heavy (non-hydrogen) atoms. The third kappa shape index (κ3) is 4.85. The summed E-state index contributed by atoms with van der Waals surface area (Å²) in [5.41, 5.74) is 6.90. The molecule has 0 saturated carbocycles. The third-order valence-electron chi connectivity index (χ3n) is 4.40. The Hall–Kier alpha value is -2.96. The molecular weight excluding hydrogens is 358 g/mol. The number of nitrogens with two attached hydrogens (primary N) is 1. The second-order valence-corrected chi connectivity index (χ2v) is 6.86. The van der Waals surface area contributed by atoms with Crippen LogP contribution in [0, 0.1) is 5.92 Å². The molecule has 0 fully saturated rings. The van der Waals surface area contributed by atoms with E-state index in [9.17, 15) is 9.59 Å². The maximum atomic E-state index is 12.8. The summed E-state index contributed by atoms with van der Waals surface area (Å²) in [6, 6.07) is 6.95. The lowest BCUT2D eigenvalue weighted by Gasteiger charge is -2.24. The van der Waals surface area contributed by atoms with Gasteiger partial charge in [0, 0.05) is 13.2 Å². The van der Waals surface area contributed by atoms with Gasteiger partial charge in [-0.2, -0.15) is 0 Å². The number of ether oxygens (including phenoxy) is 2. The van der Waals surface area contributed by atoms with E-state index in [0.717, 1.165) is 5.56 Å². The molecule has 1 aromatic heterocycles. The average molecular weight is 387 g/mol. The van der Waals surface area contributed by atoms with Gasteiger partial charge in [-0.15, -0.1) is 0 Å². The topological polar surface area (TPSA) is 95.6 Å². The predicted molar refractivity (Wildman–Crippen MR) is 108 cm³/mol. The number of carbonyl (C=O) groups is 2. The summed E-state index contributed by atoms with van der Waals surface area (Å²) in [5.74, 6) is 0.614. The Morgan fingerprint density at radius 1 is 1.11 bits per heavy atom. The summed E-state index contributed by atoms with van der Waals surface area (Å²) >= 11 is 0. The van der Waals surface area contributed by atoms with Crippen molar-refractivity contribution in [3.8, 4) is 11.5 Å². The van der Waals surface area contributed by atoms with Crippen molar-refractivity contribution in [2.24, 2.45) is 18.7 Å². The van der Waals surface area contributed by atoms with Gasteiger partial charge in [0.15, 0.2) is 11.5 Å². The first kappa shape index (κ1) is 21.3. The normalized spacial score (nSPS) is 11.9. The highest BCUT2D eigenvalue weighted by Crippen LogP contribution is 2.33. The number of nitrogens with one attached hydrogen (secondary N) is 1. The molecular formula is C21H29N3O4. The minimum atomic E-state index is -0.567. The van der Waals surface area contributed by atoms with Crippen LogP contribution < -0.4 is 20.5 Å². The number of hydrogen-bond donors (Lipinski definition) is 2. The molecule has 0 aliphatic heterocycles. The quantitative estimate of drug-likeness (QED) is 0.691. The van der Waals surface area contributed by atoms with Gasteiger partial charge in [0.2, 0.25) is 5.91 Å². The third-order valence-corrected chi connectivity index (χ3v) is 4.40. The largest absolute Gasteiger partial charge is 0.490 e. The fourth-order valence-electron chi connectivity index (χ4n) is 3.04. The van der Waals surface area contributed by atoms with Crippen LogP contribution in [0.15, 0.2) is 30.5 Å². The van der Waals surface area contributed by atoms with E-state index in [1.165, 1.54) is 6.07 Å². The van der Waals surface area contributed by atoms with E-state index in [-0.39, 0.29) is 17.9 Å². The van der Waals surface area contributed by atoms with Gasteiger partial charge in [-0.05, 0) is 43.5 Å². The highest BCUT2D eigenvalue weighted by molar-refractivity contribution is 5.98. The predicted octanol–water partition coefficient (Wildman–Crippen LogP) is 3.05. The summed E-state index contributed by atoms with van der Waals surface area (Å²) < 4.78 is 12.9. The molecule has 7 nitrogen and oxygen atoms in total. The number of aryl methyl sites for hydroxylation is 1. The van der Waals surface area contributed by atoms with E-state index in [2.05, 4.69) is 5.32 Å². The highest BCUT2D eigenvalue weighted by atomic mass is 16.5. The zero-order chi connectivity index (χ0) is 20.8. The highest BCUT2D eigenvalue weighted by Gasteiger charge is 2.23. The molecule has 3 N–H and O–H groups in total. The van der Waals surface area contributed by atoms with Crippen LogP contribution in [0.1, 0.15) is 60.1 Å². The number of primary amides is 1. The van der Waals surface area contributed by atoms with E-state index in [0.29, 0.717) is 36.0 Å². The van der Waals surface area contributed by atoms with Gasteiger partial charge in [-0.3, -0.25) is 9.59 Å². The molecule has 2 rings (SSSR count). The fraction of sp³-hybridized carbons (Fsp3) is 0.429. The van der Waals surface area contributed by atoms with Crippen LogP contribution >= 0.6 is 0 Å². The van der Waals surface area contributed by atoms with Crippen molar-refractivity contribution >= 4 is 11.8 Å². The van der Waals surface area contributed by atoms with Crippen molar-refractivity contribution < 1.29 is 19.1 Å². The fourth-order valence-corrected chi connectivity index (χ4v) is 3.04. The second-order valence-electron chi connectivity index (χ2n) is 6.86. The van der Waals surface area contributed by atoms with Gasteiger partial charge in [0.1, 0.15) is 5.69 Å². The lowest BCUT2D eigenvalue weighted by Crippen LogP contribution is -2.32. The summed E-state index contributed by atoms with van der Waals surface area (Å²) in [4.78, 5) is 24.2. The van der Waals surface area contributed by atoms with Gasteiger partial charge in [-0.1, -0.05) is 19.9 Å². The van der Waals surface area contributed by atoms with Crippen LogP contribution in [0.5, 0.6) is 11.5 Å². The Morgan fingerprint density at radius 2 is 1.75 bits per heavy atom. The Morgan fingerprint density at radius 3 is 2.29 bits per heavy atom. The molecule has 2 aromatic rings. The van der Waals surface area contributed by atoms with E-state index in [4.69, 9.17) is 15.2 Å². The molecule has 0 unspecified atom stereocenters. The molecule has 1 heterocycles. The van der Waals surface area contributed by atoms with Crippen molar-refractivity contribution in [2.75, 3.05) is 13.2 Å². The lowest BCUT2D eigenvalue weighted by atomic mass is 9.95. The van der Waals surface area contributed by atoms with Gasteiger partial charge in [0.25, 0.3) is 5.91 Å². The first-order chi connectivity index (χ1) is 13.3. The van der Waals surface area contributed by atoms with E-state index < -0.39 is 5.91 Å². The van der Waals surface area contributed by atoms with Gasteiger partial charge in [0.05, 0.1) is 24.8 Å². The molecule has 2 amide bonds. The molecule has 0 radical (unpaired) electrons. The van der Waals surface area contributed by atoms with Gasteiger partial charge < -0.3 is 25.1 Å². The smallest absolute Gasteiger partial charge is 0.268 e. The number of benzene rings is 1. The zero-order valence-corrected chi connectivity index (χ0v) is 17.1. The Balaban J connectivity index is 2.31. The molecule has 0 saturated heterocycles. The second kappa shape index (κ2) is 9.30. The molecule has 0 aliphatic rings. The van der Waals surface area contributed by atoms with Crippen LogP contribution in [-0.4, -0.2) is 29.6 Å². The lowest BCUT2D eigenvalue weighted by molar-refractivity contribution is 0.0917. The average Bonchev–Trinajstić information content (AvgIpc) is 3.03. The van der Waals surface area contributed by atoms with Crippen LogP contribution in [0.2, 0.25) is 0 Å². The molecule has 1 atom stereocenters. The van der Waals surface area contributed by atoms with Crippen LogP contribution in [0.3, 0.4) is 0 Å². The van der Waals surface area contributed by atoms with Gasteiger partial charge >= 0.3 is 0 Å². The summed E-state index contributed by atoms with van der Waals surface area (Å²) in [5, 5.41) is 3.05. The van der Waals surface area contributed by atoms with Crippen molar-refractivity contribution in [3.05, 3.63) is 47.3 Å². The summed E-state index contributed by atoms with van der Waals surface area (Å²) in [6.07, 6.45) is 1.55. The maximum absolute atomic E-state index is 12.8. The standard InChI is InChI=1S/C21H29N3O4/c1-6-27-17-9-8-14(11-18(17)28-7-2)19(13(3)4)23-21(26)16-10-15(20(22)25)12-24(16)5/h8-13,19H,6-7H2,1-5H3,(H2,22,25)(H,23,26)/t19-/m1/s1. The number of hydrogen-bond acceptors (Lipinski definition) is 4. The molecule has 152 valence electrons. The molecule has 0 aliphatic carbocycles. The van der Waals surface area contributed by atoms with Crippen LogP contribution in [0.4, 0.5) is 0 Å². The number of nitrogens with zero attached hydrogens (tertiary/aromatic N) is 1. The van der Waals surface area contributed by atoms with E-state index in [1.807, 2.05) is 45.9 Å². The summed E-state index contributed by atoms with van der Waals surface area (Å²) in [7, 11) is 1.70. The number of aromatic nitrogens is 1. The Labute approximate surface area is 165 Å². The van der Waals surface area contributed by atoms with Crippen molar-refractivity contribution in [2.45, 2.75) is 33.7 Å². The Kier molecular flexibility index (Phi) is 7.09. The number of rotatable bonds is 9. The molecule has 0 bridgehead atoms. The maximum Gasteiger partial charge on any atom is 0.268 e. The minimum Gasteiger partial charge on any atom is -0.490 e. The van der Waals surface area contributed by atoms with Crippen molar-refractivity contribution in [1.82, 2.24) is 9.88 Å². The minimum absolute atomic E-state index is 0.132. The van der Waals surface area contributed by atoms with Crippen LogP contribution in [0.25, 0.3) is 0 Å². The van der Waals surface area contributed by atoms with Gasteiger partial charge in [-0.25, -0.2) is 0 Å². The first-order valence-electron chi connectivity index (χ1n) is 9.45. The number of carbonyl (C=O) groups excluding carboxylic acids is 2. The van der Waals surface area contributed by atoms with Crippen molar-refractivity contribution in [3.63, 3.8) is 0 Å². The summed E-state index contributed by atoms with van der Waals surface area (Å²) in [6.45, 7) is 8.95. The van der Waals surface area contributed by atoms with E-state index >= 15 is 0 Å². The number of amides is 2. The van der Waals surface area contributed by atoms with E-state index in [1.54, 1.807) is 17.8 Å². The monoisotopic (exact) mass is 387 g/mol. The van der Waals surface area contributed by atoms with Crippen LogP contribution in [-0.2, 0) is 7.05 Å². The molecule has 1 aromatic carbocycles. The first-order valence-corrected chi connectivity index (χ1v) is 9.45.